The number of ketones is 1. The second-order valence-corrected chi connectivity index (χ2v) is 9.49. The van der Waals surface area contributed by atoms with Crippen molar-refractivity contribution in [3.63, 3.8) is 0 Å². The van der Waals surface area contributed by atoms with Crippen molar-refractivity contribution < 1.29 is 32.3 Å². The number of carbonyl (C=O) groups excluding carboxylic acids is 4. The summed E-state index contributed by atoms with van der Waals surface area (Å²) in [4.78, 5) is 48.0. The van der Waals surface area contributed by atoms with Gasteiger partial charge in [-0.05, 0) is 41.8 Å². The summed E-state index contributed by atoms with van der Waals surface area (Å²) in [5.41, 5.74) is 5.21. The van der Waals surface area contributed by atoms with Crippen LogP contribution in [0.3, 0.4) is 0 Å². The summed E-state index contributed by atoms with van der Waals surface area (Å²) in [5.74, 6) is -2.85. The Hall–Kier alpha value is -3.83. The number of amides is 2. The van der Waals surface area contributed by atoms with Gasteiger partial charge in [-0.2, -0.15) is 0 Å². The molecule has 0 atom stereocenters. The summed E-state index contributed by atoms with van der Waals surface area (Å²) in [6, 6.07) is 10.8. The number of benzene rings is 2. The second-order valence-electron chi connectivity index (χ2n) is 6.69. The lowest BCUT2D eigenvalue weighted by Gasteiger charge is -2.19. The molecule has 11 heteroatoms. The van der Waals surface area contributed by atoms with E-state index in [1.807, 2.05) is 0 Å². The summed E-state index contributed by atoms with van der Waals surface area (Å²) < 4.78 is 30.8. The van der Waals surface area contributed by atoms with E-state index in [-0.39, 0.29) is 37.0 Å². The largest absolute Gasteiger partial charge is 0.452 e. The molecule has 9 nitrogen and oxygen atoms in total. The molecule has 32 heavy (non-hydrogen) atoms. The fourth-order valence-corrected chi connectivity index (χ4v) is 5.67. The maximum Gasteiger partial charge on any atom is 0.338 e. The van der Waals surface area contributed by atoms with Gasteiger partial charge in [-0.1, -0.05) is 12.1 Å². The van der Waals surface area contributed by atoms with E-state index in [0.29, 0.717) is 0 Å². The van der Waals surface area contributed by atoms with Gasteiger partial charge in [-0.15, -0.1) is 11.3 Å². The summed E-state index contributed by atoms with van der Waals surface area (Å²) in [6.45, 7) is -0.680. The van der Waals surface area contributed by atoms with Crippen LogP contribution in [-0.2, 0) is 19.4 Å². The molecule has 1 aliphatic rings. The lowest BCUT2D eigenvalue weighted by Crippen LogP contribution is -2.23. The molecule has 0 unspecified atom stereocenters. The van der Waals surface area contributed by atoms with Crippen LogP contribution in [-0.4, -0.2) is 38.6 Å². The number of rotatable bonds is 5. The fraction of sp³-hybridized carbons (Fsp3) is 0.0476. The van der Waals surface area contributed by atoms with Gasteiger partial charge in [0.25, 0.3) is 11.8 Å². The lowest BCUT2D eigenvalue weighted by atomic mass is 10.0. The van der Waals surface area contributed by atoms with Crippen LogP contribution >= 0.6 is 11.3 Å². The number of carbonyl (C=O) groups is 4. The average Bonchev–Trinajstić information content (AvgIpc) is 3.24. The molecule has 1 aliphatic heterocycles. The van der Waals surface area contributed by atoms with Crippen molar-refractivity contribution in [2.45, 2.75) is 9.79 Å². The summed E-state index contributed by atoms with van der Waals surface area (Å²) in [5, 5.41) is 4.20. The summed E-state index contributed by atoms with van der Waals surface area (Å²) in [7, 11) is -4.02. The first-order valence-electron chi connectivity index (χ1n) is 9.07. The van der Waals surface area contributed by atoms with Crippen LogP contribution < -0.4 is 11.1 Å². The molecule has 3 aromatic rings. The minimum absolute atomic E-state index is 0.0466. The Bertz CT molecular complexity index is 1410. The van der Waals surface area contributed by atoms with Gasteiger partial charge in [0.2, 0.25) is 9.84 Å². The number of esters is 1. The Morgan fingerprint density at radius 1 is 1.00 bits per heavy atom. The van der Waals surface area contributed by atoms with Gasteiger partial charge in [0, 0.05) is 11.1 Å². The van der Waals surface area contributed by atoms with Crippen LogP contribution in [0.5, 0.6) is 0 Å². The lowest BCUT2D eigenvalue weighted by molar-refractivity contribution is -0.119. The second kappa shape index (κ2) is 8.02. The van der Waals surface area contributed by atoms with E-state index in [9.17, 15) is 27.6 Å². The van der Waals surface area contributed by atoms with Crippen molar-refractivity contribution >= 4 is 49.7 Å². The zero-order chi connectivity index (χ0) is 23.0. The van der Waals surface area contributed by atoms with Crippen LogP contribution in [0.25, 0.3) is 0 Å². The predicted molar refractivity (Wildman–Crippen MR) is 114 cm³/mol. The Labute approximate surface area is 185 Å². The highest BCUT2D eigenvalue weighted by Gasteiger charge is 2.35. The minimum atomic E-state index is -4.02. The maximum absolute atomic E-state index is 12.9. The standard InChI is InChI=1S/C21H14N2O7S2/c22-19(26)14-7-8-31-20(14)23-17(24)10-30-21(27)11-5-6-13-16(9-11)32(28,29)15-4-2-1-3-12(15)18(13)25/h1-9H,10H2,(H2,22,26)(H,23,24). The van der Waals surface area contributed by atoms with E-state index in [0.717, 1.165) is 17.4 Å². The number of fused-ring (bicyclic) bond motifs is 2. The first kappa shape index (κ1) is 21.4. The third-order valence-electron chi connectivity index (χ3n) is 4.69. The molecule has 2 amide bonds. The van der Waals surface area contributed by atoms with Crippen LogP contribution in [0.1, 0.15) is 36.6 Å². The van der Waals surface area contributed by atoms with Gasteiger partial charge in [-0.3, -0.25) is 14.4 Å². The third kappa shape index (κ3) is 3.67. The molecule has 0 radical (unpaired) electrons. The Balaban J connectivity index is 1.52. The molecule has 0 saturated carbocycles. The zero-order valence-corrected chi connectivity index (χ0v) is 17.8. The Morgan fingerprint density at radius 3 is 2.47 bits per heavy atom. The molecule has 0 spiro atoms. The highest BCUT2D eigenvalue weighted by molar-refractivity contribution is 7.91. The fourth-order valence-electron chi connectivity index (χ4n) is 3.19. The van der Waals surface area contributed by atoms with E-state index in [2.05, 4.69) is 5.32 Å². The smallest absolute Gasteiger partial charge is 0.338 e. The van der Waals surface area contributed by atoms with Crippen molar-refractivity contribution in [1.29, 1.82) is 0 Å². The number of anilines is 1. The molecule has 2 aromatic carbocycles. The van der Waals surface area contributed by atoms with Crippen molar-refractivity contribution in [2.24, 2.45) is 5.73 Å². The molecule has 162 valence electrons. The van der Waals surface area contributed by atoms with Crippen LogP contribution in [0.2, 0.25) is 0 Å². The van der Waals surface area contributed by atoms with E-state index in [1.165, 1.54) is 36.4 Å². The molecule has 0 bridgehead atoms. The molecule has 0 fully saturated rings. The van der Waals surface area contributed by atoms with Crippen LogP contribution in [0.15, 0.2) is 63.7 Å². The van der Waals surface area contributed by atoms with E-state index in [1.54, 1.807) is 11.4 Å². The predicted octanol–water partition coefficient (Wildman–Crippen LogP) is 2.02. The molecular formula is C21H14N2O7S2. The highest BCUT2D eigenvalue weighted by atomic mass is 32.2. The van der Waals surface area contributed by atoms with Crippen molar-refractivity contribution in [1.82, 2.24) is 0 Å². The number of nitrogens with one attached hydrogen (secondary N) is 1. The topological polar surface area (TPSA) is 150 Å². The van der Waals surface area contributed by atoms with Gasteiger partial charge in [-0.25, -0.2) is 13.2 Å². The number of hydrogen-bond donors (Lipinski definition) is 2. The Kier molecular flexibility index (Phi) is 5.36. The van der Waals surface area contributed by atoms with Gasteiger partial charge < -0.3 is 15.8 Å². The third-order valence-corrected chi connectivity index (χ3v) is 7.37. The van der Waals surface area contributed by atoms with Crippen molar-refractivity contribution in [3.05, 3.63) is 76.2 Å². The number of hydrogen-bond acceptors (Lipinski definition) is 8. The number of sulfone groups is 1. The molecule has 1 aromatic heterocycles. The van der Waals surface area contributed by atoms with Crippen molar-refractivity contribution in [3.8, 4) is 0 Å². The van der Waals surface area contributed by atoms with Gasteiger partial charge in [0.15, 0.2) is 12.4 Å². The first-order chi connectivity index (χ1) is 15.2. The van der Waals surface area contributed by atoms with Crippen LogP contribution in [0.4, 0.5) is 5.00 Å². The molecule has 3 N–H and O–H groups in total. The normalized spacial score (nSPS) is 13.6. The summed E-state index contributed by atoms with van der Waals surface area (Å²) in [6.07, 6.45) is 0. The van der Waals surface area contributed by atoms with Crippen LogP contribution in [0, 0.1) is 0 Å². The van der Waals surface area contributed by atoms with Crippen molar-refractivity contribution in [2.75, 3.05) is 11.9 Å². The van der Waals surface area contributed by atoms with Gasteiger partial charge >= 0.3 is 5.97 Å². The number of ether oxygens (including phenoxy) is 1. The first-order valence-corrected chi connectivity index (χ1v) is 11.4. The Morgan fingerprint density at radius 2 is 1.72 bits per heavy atom. The quantitative estimate of drug-likeness (QED) is 0.424. The van der Waals surface area contributed by atoms with E-state index >= 15 is 0 Å². The zero-order valence-electron chi connectivity index (χ0n) is 16.2. The SMILES string of the molecule is NC(=O)c1ccsc1NC(=O)COC(=O)c1ccc2c(c1)S(=O)(=O)c1ccccc1C2=O. The molecule has 4 rings (SSSR count). The molecule has 0 saturated heterocycles. The maximum atomic E-state index is 12.9. The van der Waals surface area contributed by atoms with E-state index in [4.69, 9.17) is 10.5 Å². The highest BCUT2D eigenvalue weighted by Crippen LogP contribution is 2.34. The monoisotopic (exact) mass is 470 g/mol. The molecule has 0 aliphatic carbocycles. The number of thiophene rings is 1. The molecule has 2 heterocycles. The van der Waals surface area contributed by atoms with E-state index < -0.39 is 40.0 Å². The van der Waals surface area contributed by atoms with Gasteiger partial charge in [0.05, 0.1) is 20.9 Å². The minimum Gasteiger partial charge on any atom is -0.452 e. The number of primary amides is 1. The summed E-state index contributed by atoms with van der Waals surface area (Å²) >= 11 is 1.07. The van der Waals surface area contributed by atoms with Gasteiger partial charge in [0.1, 0.15) is 5.00 Å². The average molecular weight is 470 g/mol. The molecular weight excluding hydrogens is 456 g/mol. The number of nitrogens with two attached hydrogens (primary N) is 1.